The zero-order chi connectivity index (χ0) is 38.9. The van der Waals surface area contributed by atoms with Crippen molar-refractivity contribution in [2.24, 2.45) is 5.73 Å². The maximum absolute atomic E-state index is 12.5. The molecule has 0 aliphatic rings. The van der Waals surface area contributed by atoms with Crippen molar-refractivity contribution in [3.63, 3.8) is 0 Å². The predicted molar refractivity (Wildman–Crippen MR) is 220 cm³/mol. The van der Waals surface area contributed by atoms with Gasteiger partial charge in [0.1, 0.15) is 6.61 Å². The smallest absolute Gasteiger partial charge is 0.462 e. The first-order valence-electron chi connectivity index (χ1n) is 22.2. The average Bonchev–Trinajstić information content (AvgIpc) is 3.14. The summed E-state index contributed by atoms with van der Waals surface area (Å²) in [5, 5.41) is 0. The van der Waals surface area contributed by atoms with Gasteiger partial charge in [0.15, 0.2) is 6.10 Å². The number of allylic oxidation sites excluding steroid dienone is 2. The van der Waals surface area contributed by atoms with E-state index in [0.717, 1.165) is 51.4 Å². The highest BCUT2D eigenvalue weighted by Crippen LogP contribution is 2.43. The molecule has 0 heterocycles. The third kappa shape index (κ3) is 40.2. The summed E-state index contributed by atoms with van der Waals surface area (Å²) in [5.74, 6) is -0.828. The minimum atomic E-state index is -4.37. The Morgan fingerprint density at radius 2 is 0.925 bits per heavy atom. The van der Waals surface area contributed by atoms with E-state index in [-0.39, 0.29) is 38.6 Å². The first-order valence-corrected chi connectivity index (χ1v) is 23.7. The van der Waals surface area contributed by atoms with E-state index in [1.807, 2.05) is 0 Å². The Balaban J connectivity index is 4.07. The van der Waals surface area contributed by atoms with Gasteiger partial charge in [0, 0.05) is 19.4 Å². The standard InChI is InChI=1S/C43H84NO8P/c1-3-5-7-9-11-13-15-17-18-19-20-21-22-24-25-27-29-31-33-35-42(45)49-39-41(40-51-53(47,48)50-38-37-44)52-43(46)36-34-32-30-28-26-23-16-14-12-10-8-6-4-2/h14,16,41H,3-13,15,17-40,44H2,1-2H3,(H,47,48)/b16-14+/t41-/m0/s1. The monoisotopic (exact) mass is 774 g/mol. The molecule has 314 valence electrons. The van der Waals surface area contributed by atoms with Gasteiger partial charge in [-0.05, 0) is 38.5 Å². The summed E-state index contributed by atoms with van der Waals surface area (Å²) in [6, 6.07) is 0. The number of esters is 2. The van der Waals surface area contributed by atoms with Gasteiger partial charge in [-0.2, -0.15) is 0 Å². The lowest BCUT2D eigenvalue weighted by atomic mass is 10.0. The highest BCUT2D eigenvalue weighted by atomic mass is 31.2. The number of phosphoric acid groups is 1. The fourth-order valence-corrected chi connectivity index (χ4v) is 7.10. The van der Waals surface area contributed by atoms with Crippen LogP contribution in [0.15, 0.2) is 12.2 Å². The van der Waals surface area contributed by atoms with Crippen molar-refractivity contribution in [3.8, 4) is 0 Å². The van der Waals surface area contributed by atoms with Gasteiger partial charge in [-0.15, -0.1) is 0 Å². The molecular weight excluding hydrogens is 689 g/mol. The molecule has 0 saturated heterocycles. The van der Waals surface area contributed by atoms with Crippen LogP contribution in [0.2, 0.25) is 0 Å². The number of nitrogens with two attached hydrogens (primary N) is 1. The van der Waals surface area contributed by atoms with Gasteiger partial charge in [0.25, 0.3) is 0 Å². The van der Waals surface area contributed by atoms with E-state index >= 15 is 0 Å². The molecule has 0 aliphatic carbocycles. The van der Waals surface area contributed by atoms with Gasteiger partial charge in [-0.1, -0.05) is 180 Å². The third-order valence-electron chi connectivity index (χ3n) is 9.65. The van der Waals surface area contributed by atoms with Crippen molar-refractivity contribution >= 4 is 19.8 Å². The van der Waals surface area contributed by atoms with Gasteiger partial charge >= 0.3 is 19.8 Å². The number of phosphoric ester groups is 1. The van der Waals surface area contributed by atoms with Crippen molar-refractivity contribution < 1.29 is 37.6 Å². The molecule has 0 spiro atoms. The van der Waals surface area contributed by atoms with Gasteiger partial charge < -0.3 is 20.1 Å². The Morgan fingerprint density at radius 1 is 0.547 bits per heavy atom. The molecule has 0 rings (SSSR count). The third-order valence-corrected chi connectivity index (χ3v) is 10.6. The lowest BCUT2D eigenvalue weighted by Crippen LogP contribution is -2.29. The predicted octanol–water partition coefficient (Wildman–Crippen LogP) is 12.6. The quantitative estimate of drug-likeness (QED) is 0.0269. The van der Waals surface area contributed by atoms with E-state index in [2.05, 4.69) is 26.0 Å². The molecule has 2 atom stereocenters. The number of hydrogen-bond acceptors (Lipinski definition) is 8. The molecule has 53 heavy (non-hydrogen) atoms. The topological polar surface area (TPSA) is 134 Å². The van der Waals surface area contributed by atoms with E-state index in [0.29, 0.717) is 6.42 Å². The van der Waals surface area contributed by atoms with Crippen LogP contribution < -0.4 is 5.73 Å². The van der Waals surface area contributed by atoms with E-state index in [4.69, 9.17) is 24.3 Å². The molecule has 3 N–H and O–H groups in total. The number of carbonyl (C=O) groups is 2. The molecule has 0 bridgehead atoms. The number of carbonyl (C=O) groups excluding carboxylic acids is 2. The van der Waals surface area contributed by atoms with Crippen molar-refractivity contribution in [1.82, 2.24) is 0 Å². The van der Waals surface area contributed by atoms with Gasteiger partial charge in [-0.3, -0.25) is 18.6 Å². The van der Waals surface area contributed by atoms with Crippen LogP contribution in [0.3, 0.4) is 0 Å². The summed E-state index contributed by atoms with van der Waals surface area (Å²) in [5.41, 5.74) is 5.34. The molecule has 0 fully saturated rings. The van der Waals surface area contributed by atoms with Gasteiger partial charge in [-0.25, -0.2) is 4.57 Å². The fourth-order valence-electron chi connectivity index (χ4n) is 6.34. The molecule has 0 aromatic rings. The van der Waals surface area contributed by atoms with Gasteiger partial charge in [0.05, 0.1) is 13.2 Å². The van der Waals surface area contributed by atoms with E-state index in [1.165, 1.54) is 135 Å². The number of unbranched alkanes of at least 4 members (excludes halogenated alkanes) is 27. The number of rotatable bonds is 42. The number of hydrogen-bond donors (Lipinski definition) is 2. The molecule has 0 amide bonds. The summed E-state index contributed by atoms with van der Waals surface area (Å²) in [7, 11) is -4.37. The molecule has 0 aromatic heterocycles. The first-order chi connectivity index (χ1) is 25.8. The lowest BCUT2D eigenvalue weighted by molar-refractivity contribution is -0.161. The summed E-state index contributed by atoms with van der Waals surface area (Å²) >= 11 is 0. The molecule has 0 aliphatic heterocycles. The molecule has 0 saturated carbocycles. The Hall–Kier alpha value is -1.25. The Labute approximate surface area is 326 Å². The normalized spacial score (nSPS) is 13.4. The maximum Gasteiger partial charge on any atom is 0.472 e. The zero-order valence-electron chi connectivity index (χ0n) is 34.5. The lowest BCUT2D eigenvalue weighted by Gasteiger charge is -2.19. The highest BCUT2D eigenvalue weighted by Gasteiger charge is 2.26. The maximum atomic E-state index is 12.5. The molecule has 9 nitrogen and oxygen atoms in total. The average molecular weight is 774 g/mol. The Morgan fingerprint density at radius 3 is 1.36 bits per heavy atom. The van der Waals surface area contributed by atoms with Crippen molar-refractivity contribution in [3.05, 3.63) is 12.2 Å². The van der Waals surface area contributed by atoms with Crippen LogP contribution in [-0.2, 0) is 32.7 Å². The molecular formula is C43H84NO8P. The number of ether oxygens (including phenoxy) is 2. The second-order valence-corrected chi connectivity index (χ2v) is 16.4. The van der Waals surface area contributed by atoms with Crippen LogP contribution in [0, 0.1) is 0 Å². The Kier molecular flexibility index (Phi) is 39.5. The first kappa shape index (κ1) is 51.8. The van der Waals surface area contributed by atoms with E-state index < -0.39 is 26.5 Å². The fraction of sp³-hybridized carbons (Fsp3) is 0.907. The van der Waals surface area contributed by atoms with Crippen LogP contribution in [-0.4, -0.2) is 49.3 Å². The molecule has 0 aromatic carbocycles. The minimum Gasteiger partial charge on any atom is -0.462 e. The van der Waals surface area contributed by atoms with Crippen LogP contribution in [0.25, 0.3) is 0 Å². The molecule has 10 heteroatoms. The van der Waals surface area contributed by atoms with Gasteiger partial charge in [0.2, 0.25) is 0 Å². The van der Waals surface area contributed by atoms with Crippen LogP contribution in [0.1, 0.15) is 219 Å². The highest BCUT2D eigenvalue weighted by molar-refractivity contribution is 7.47. The minimum absolute atomic E-state index is 0.0548. The van der Waals surface area contributed by atoms with Crippen molar-refractivity contribution in [1.29, 1.82) is 0 Å². The van der Waals surface area contributed by atoms with Crippen LogP contribution in [0.5, 0.6) is 0 Å². The molecule has 0 radical (unpaired) electrons. The molecule has 1 unspecified atom stereocenters. The summed E-state index contributed by atoms with van der Waals surface area (Å²) in [6.07, 6.45) is 41.0. The van der Waals surface area contributed by atoms with E-state index in [9.17, 15) is 19.0 Å². The SMILES string of the molecule is CCCCCC/C=C/CCCCCCCC(=O)O[C@@H](COC(=O)CCCCCCCCCCCCCCCCCCCCC)COP(=O)(O)OCCN. The summed E-state index contributed by atoms with van der Waals surface area (Å²) in [4.78, 5) is 34.8. The van der Waals surface area contributed by atoms with Crippen molar-refractivity contribution in [2.45, 2.75) is 225 Å². The van der Waals surface area contributed by atoms with Crippen LogP contribution in [0.4, 0.5) is 0 Å². The van der Waals surface area contributed by atoms with Crippen LogP contribution >= 0.6 is 7.82 Å². The second kappa shape index (κ2) is 40.4. The second-order valence-electron chi connectivity index (χ2n) is 14.9. The van der Waals surface area contributed by atoms with E-state index in [1.54, 1.807) is 0 Å². The summed E-state index contributed by atoms with van der Waals surface area (Å²) < 4.78 is 32.8. The zero-order valence-corrected chi connectivity index (χ0v) is 35.4. The largest absolute Gasteiger partial charge is 0.472 e. The Bertz CT molecular complexity index is 886. The van der Waals surface area contributed by atoms with Crippen molar-refractivity contribution in [2.75, 3.05) is 26.4 Å². The summed E-state index contributed by atoms with van der Waals surface area (Å²) in [6.45, 7) is 3.74.